The topological polar surface area (TPSA) is 36.3 Å². The van der Waals surface area contributed by atoms with Crippen LogP contribution in [-0.4, -0.2) is 31.8 Å². The van der Waals surface area contributed by atoms with E-state index in [1.807, 2.05) is 12.1 Å². The number of hydrogen-bond acceptors (Lipinski definition) is 3. The third kappa shape index (κ3) is 7.68. The van der Waals surface area contributed by atoms with Crippen molar-refractivity contribution in [2.45, 2.75) is 59.8 Å². The largest absolute Gasteiger partial charge is 0.497 e. The lowest BCUT2D eigenvalue weighted by atomic mass is 10.0. The van der Waals surface area contributed by atoms with Crippen molar-refractivity contribution in [1.82, 2.24) is 4.90 Å². The van der Waals surface area contributed by atoms with Crippen LogP contribution in [0, 0.1) is 17.2 Å². The number of hydrogen-bond donors (Lipinski definition) is 0. The van der Waals surface area contributed by atoms with Gasteiger partial charge >= 0.3 is 0 Å². The van der Waals surface area contributed by atoms with Crippen LogP contribution in [0.5, 0.6) is 5.75 Å². The summed E-state index contributed by atoms with van der Waals surface area (Å²) in [4.78, 5) is 2.54. The average Bonchev–Trinajstić information content (AvgIpc) is 2.76. The minimum atomic E-state index is -1.75. The highest BCUT2D eigenvalue weighted by Crippen LogP contribution is 2.20. The number of likely N-dealkylation sites (N-methyl/N-ethyl adjacent to an activating group) is 1. The van der Waals surface area contributed by atoms with Crippen molar-refractivity contribution in [2.24, 2.45) is 5.92 Å². The van der Waals surface area contributed by atoms with E-state index in [1.54, 1.807) is 0 Å². The van der Waals surface area contributed by atoms with E-state index in [1.165, 1.54) is 17.2 Å². The summed E-state index contributed by atoms with van der Waals surface area (Å²) in [5, 5.41) is 10.3. The van der Waals surface area contributed by atoms with Gasteiger partial charge in [0.1, 0.15) is 13.8 Å². The standard InChI is InChI=1S/C27H38N2OSi/c1-7-10-25(17-22(3)4)29(8-2)20-24-11-9-12-26(18-24)30-21-31(5,6)27-15-13-23(19-28)14-16-27/h7,9-16,18,22,25H,8,17,20-21H2,1-6H3/b10-7+. The average molecular weight is 435 g/mol. The van der Waals surface area contributed by atoms with Crippen LogP contribution in [0.3, 0.4) is 0 Å². The lowest BCUT2D eigenvalue weighted by Crippen LogP contribution is -2.47. The lowest BCUT2D eigenvalue weighted by molar-refractivity contribution is 0.208. The van der Waals surface area contributed by atoms with Gasteiger partial charge in [-0.05, 0) is 55.6 Å². The molecule has 0 bridgehead atoms. The Hall–Kier alpha value is -2.35. The fourth-order valence-electron chi connectivity index (χ4n) is 3.83. The maximum absolute atomic E-state index is 9.03. The molecule has 0 heterocycles. The SMILES string of the molecule is C/C=C/C(CC(C)C)N(CC)Cc1cccc(OC[Si](C)(C)c2ccc(C#N)cc2)c1. The molecule has 0 aliphatic carbocycles. The van der Waals surface area contributed by atoms with E-state index in [0.717, 1.165) is 18.8 Å². The summed E-state index contributed by atoms with van der Waals surface area (Å²) in [5.74, 6) is 1.61. The second kappa shape index (κ2) is 11.9. The van der Waals surface area contributed by atoms with Crippen LogP contribution in [-0.2, 0) is 6.54 Å². The molecule has 0 radical (unpaired) electrons. The fourth-order valence-corrected chi connectivity index (χ4v) is 5.59. The van der Waals surface area contributed by atoms with Crippen molar-refractivity contribution < 1.29 is 4.74 Å². The van der Waals surface area contributed by atoms with Gasteiger partial charge in [0, 0.05) is 12.6 Å². The molecule has 0 saturated heterocycles. The van der Waals surface area contributed by atoms with Crippen molar-refractivity contribution in [3.63, 3.8) is 0 Å². The molecule has 0 fully saturated rings. The Bertz CT molecular complexity index is 881. The maximum Gasteiger partial charge on any atom is 0.124 e. The molecule has 0 spiro atoms. The van der Waals surface area contributed by atoms with Crippen LogP contribution >= 0.6 is 0 Å². The summed E-state index contributed by atoms with van der Waals surface area (Å²) < 4.78 is 6.27. The Kier molecular flexibility index (Phi) is 9.55. The van der Waals surface area contributed by atoms with Crippen LogP contribution in [0.4, 0.5) is 0 Å². The van der Waals surface area contributed by atoms with Crippen LogP contribution in [0.2, 0.25) is 13.1 Å². The van der Waals surface area contributed by atoms with Gasteiger partial charge in [0.15, 0.2) is 0 Å². The second-order valence-electron chi connectivity index (χ2n) is 9.29. The number of nitrogens with zero attached hydrogens (tertiary/aromatic N) is 2. The zero-order chi connectivity index (χ0) is 22.9. The first-order valence-corrected chi connectivity index (χ1v) is 14.6. The molecule has 2 rings (SSSR count). The van der Waals surface area contributed by atoms with E-state index in [-0.39, 0.29) is 0 Å². The van der Waals surface area contributed by atoms with Crippen LogP contribution in [0.15, 0.2) is 60.7 Å². The molecular formula is C27H38N2OSi. The predicted molar refractivity (Wildman–Crippen MR) is 134 cm³/mol. The first-order chi connectivity index (χ1) is 14.8. The van der Waals surface area contributed by atoms with Crippen molar-refractivity contribution in [2.75, 3.05) is 12.8 Å². The van der Waals surface area contributed by atoms with Gasteiger partial charge in [-0.25, -0.2) is 0 Å². The highest BCUT2D eigenvalue weighted by molar-refractivity contribution is 6.89. The van der Waals surface area contributed by atoms with Gasteiger partial charge in [-0.2, -0.15) is 5.26 Å². The molecule has 0 amide bonds. The van der Waals surface area contributed by atoms with Crippen molar-refractivity contribution in [1.29, 1.82) is 5.26 Å². The molecule has 0 aliphatic heterocycles. The summed E-state index contributed by atoms with van der Waals surface area (Å²) in [7, 11) is -1.75. The molecule has 1 atom stereocenters. The van der Waals surface area contributed by atoms with Crippen LogP contribution in [0.25, 0.3) is 0 Å². The molecular weight excluding hydrogens is 396 g/mol. The molecule has 0 aromatic heterocycles. The van der Waals surface area contributed by atoms with E-state index in [2.05, 4.69) is 100 Å². The van der Waals surface area contributed by atoms with Crippen molar-refractivity contribution in [3.05, 3.63) is 71.8 Å². The van der Waals surface area contributed by atoms with Gasteiger partial charge in [-0.15, -0.1) is 0 Å². The van der Waals surface area contributed by atoms with Crippen LogP contribution in [0.1, 0.15) is 45.2 Å². The lowest BCUT2D eigenvalue weighted by Gasteiger charge is -2.30. The van der Waals surface area contributed by atoms with Gasteiger partial charge in [-0.3, -0.25) is 4.90 Å². The molecule has 0 aliphatic rings. The number of nitriles is 1. The van der Waals surface area contributed by atoms with Crippen molar-refractivity contribution in [3.8, 4) is 11.8 Å². The number of benzene rings is 2. The smallest absolute Gasteiger partial charge is 0.124 e. The van der Waals surface area contributed by atoms with Gasteiger partial charge in [-0.1, -0.05) is 75.5 Å². The molecule has 0 N–H and O–H groups in total. The van der Waals surface area contributed by atoms with Gasteiger partial charge < -0.3 is 4.74 Å². The number of rotatable bonds is 11. The summed E-state index contributed by atoms with van der Waals surface area (Å²) in [6.07, 6.45) is 6.38. The van der Waals surface area contributed by atoms with E-state index < -0.39 is 8.07 Å². The van der Waals surface area contributed by atoms with E-state index in [0.29, 0.717) is 23.8 Å². The molecule has 166 valence electrons. The summed E-state index contributed by atoms with van der Waals surface area (Å²) >= 11 is 0. The highest BCUT2D eigenvalue weighted by Gasteiger charge is 2.25. The van der Waals surface area contributed by atoms with Crippen molar-refractivity contribution >= 4 is 13.3 Å². The Morgan fingerprint density at radius 3 is 2.42 bits per heavy atom. The van der Waals surface area contributed by atoms with Crippen LogP contribution < -0.4 is 9.92 Å². The Balaban J connectivity index is 2.07. The monoisotopic (exact) mass is 434 g/mol. The third-order valence-corrected chi connectivity index (χ3v) is 8.44. The highest BCUT2D eigenvalue weighted by atomic mass is 28.3. The summed E-state index contributed by atoms with van der Waals surface area (Å²) in [6, 6.07) is 19.2. The number of ether oxygens (including phenoxy) is 1. The maximum atomic E-state index is 9.03. The first-order valence-electron chi connectivity index (χ1n) is 11.4. The molecule has 31 heavy (non-hydrogen) atoms. The molecule has 0 saturated carbocycles. The minimum Gasteiger partial charge on any atom is -0.497 e. The molecule has 2 aromatic rings. The molecule has 3 nitrogen and oxygen atoms in total. The summed E-state index contributed by atoms with van der Waals surface area (Å²) in [6.45, 7) is 15.5. The minimum absolute atomic E-state index is 0.460. The number of allylic oxidation sites excluding steroid dienone is 1. The third-order valence-electron chi connectivity index (χ3n) is 5.68. The van der Waals surface area contributed by atoms with E-state index >= 15 is 0 Å². The quantitative estimate of drug-likeness (QED) is 0.326. The summed E-state index contributed by atoms with van der Waals surface area (Å²) in [5.41, 5.74) is 1.99. The van der Waals surface area contributed by atoms with Gasteiger partial charge in [0.2, 0.25) is 0 Å². The Morgan fingerprint density at radius 1 is 1.13 bits per heavy atom. The zero-order valence-corrected chi connectivity index (χ0v) is 21.1. The first kappa shape index (κ1) is 24.9. The molecule has 4 heteroatoms. The van der Waals surface area contributed by atoms with E-state index in [9.17, 15) is 0 Å². The second-order valence-corrected chi connectivity index (χ2v) is 13.9. The fraction of sp³-hybridized carbons (Fsp3) is 0.444. The molecule has 1 unspecified atom stereocenters. The predicted octanol–water partition coefficient (Wildman–Crippen LogP) is 5.90. The van der Waals surface area contributed by atoms with E-state index in [4.69, 9.17) is 10.00 Å². The Morgan fingerprint density at radius 2 is 1.84 bits per heavy atom. The normalized spacial score (nSPS) is 13.0. The van der Waals surface area contributed by atoms with Gasteiger partial charge in [0.25, 0.3) is 0 Å². The Labute approximate surface area is 190 Å². The van der Waals surface area contributed by atoms with Gasteiger partial charge in [0.05, 0.1) is 17.9 Å². The molecule has 2 aromatic carbocycles. The zero-order valence-electron chi connectivity index (χ0n) is 20.1.